The van der Waals surface area contributed by atoms with Crippen LogP contribution in [0.25, 0.3) is 55.0 Å². The molecule has 0 amide bonds. The summed E-state index contributed by atoms with van der Waals surface area (Å²) in [5, 5.41) is 10.1. The molecule has 0 atom stereocenters. The van der Waals surface area contributed by atoms with Crippen LogP contribution in [0.2, 0.25) is 26.2 Å². The smallest absolute Gasteiger partial charge is 0.206 e. The number of para-hydroxylation sites is 4. The van der Waals surface area contributed by atoms with Gasteiger partial charge in [-0.25, -0.2) is 8.42 Å². The summed E-state index contributed by atoms with van der Waals surface area (Å²) in [5.74, 6) is 0. The van der Waals surface area contributed by atoms with Crippen molar-refractivity contribution in [3.63, 3.8) is 0 Å². The Kier molecular flexibility index (Phi) is 5.14. The minimum Gasteiger partial charge on any atom is -0.309 e. The van der Waals surface area contributed by atoms with E-state index in [9.17, 15) is 8.42 Å². The fourth-order valence-corrected chi connectivity index (χ4v) is 16.0. The lowest BCUT2D eigenvalue weighted by Gasteiger charge is -2.34. The molecule has 0 saturated heterocycles. The van der Waals surface area contributed by atoms with E-state index < -0.39 is 26.0 Å². The van der Waals surface area contributed by atoms with E-state index in [1.165, 1.54) is 53.3 Å². The van der Waals surface area contributed by atoms with Crippen LogP contribution in [0.5, 0.6) is 0 Å². The third kappa shape index (κ3) is 3.29. The molecule has 7 heteroatoms. The predicted molar refractivity (Wildman–Crippen MR) is 201 cm³/mol. The summed E-state index contributed by atoms with van der Waals surface area (Å²) in [6.07, 6.45) is 0. The molecule has 47 heavy (non-hydrogen) atoms. The Bertz CT molecular complexity index is 2640. The van der Waals surface area contributed by atoms with Crippen LogP contribution < -0.4 is 20.7 Å². The molecular formula is C40H32N2O2SSi2. The largest absolute Gasteiger partial charge is 0.309 e. The molecule has 0 unspecified atom stereocenters. The van der Waals surface area contributed by atoms with Crippen molar-refractivity contribution in [1.29, 1.82) is 0 Å². The summed E-state index contributed by atoms with van der Waals surface area (Å²) < 4.78 is 34.0. The van der Waals surface area contributed by atoms with Crippen molar-refractivity contribution >= 4 is 90.3 Å². The highest BCUT2D eigenvalue weighted by Crippen LogP contribution is 2.38. The SMILES string of the molecule is C[Si]1(C)c2ccc(S(=O)(=O)c3ccc4c(c3)-n3c5ccccc5c5cccc(c53)[Si]4(C)C)cc2-n2c3ccccc3c3cccc1c32. The molecule has 228 valence electrons. The maximum atomic E-state index is 14.7. The minimum absolute atomic E-state index is 0.335. The van der Waals surface area contributed by atoms with Gasteiger partial charge in [-0.05, 0) is 57.1 Å². The van der Waals surface area contributed by atoms with Crippen molar-refractivity contribution in [3.8, 4) is 11.4 Å². The second-order valence-electron chi connectivity index (χ2n) is 14.2. The Balaban J connectivity index is 1.22. The van der Waals surface area contributed by atoms with Crippen molar-refractivity contribution in [1.82, 2.24) is 9.13 Å². The second-order valence-corrected chi connectivity index (χ2v) is 24.8. The van der Waals surface area contributed by atoms with Crippen molar-refractivity contribution in [2.24, 2.45) is 0 Å². The Morgan fingerprint density at radius 1 is 0.447 bits per heavy atom. The first-order chi connectivity index (χ1) is 22.6. The molecule has 0 fully saturated rings. The maximum Gasteiger partial charge on any atom is 0.206 e. The molecule has 2 aromatic heterocycles. The summed E-state index contributed by atoms with van der Waals surface area (Å²) in [6.45, 7) is 9.52. The van der Waals surface area contributed by atoms with Gasteiger partial charge in [0, 0.05) is 32.9 Å². The van der Waals surface area contributed by atoms with E-state index in [1.807, 2.05) is 24.3 Å². The highest BCUT2D eigenvalue weighted by Gasteiger charge is 2.39. The number of aromatic nitrogens is 2. The highest BCUT2D eigenvalue weighted by atomic mass is 32.2. The second kappa shape index (κ2) is 8.80. The number of fused-ring (bicyclic) bond motifs is 10. The third-order valence-corrected chi connectivity index (χ3v) is 19.9. The first-order valence-corrected chi connectivity index (χ1v) is 23.7. The zero-order valence-corrected chi connectivity index (χ0v) is 29.5. The molecular weight excluding hydrogens is 629 g/mol. The molecule has 0 radical (unpaired) electrons. The zero-order chi connectivity index (χ0) is 32.0. The molecule has 0 saturated carbocycles. The van der Waals surface area contributed by atoms with E-state index in [-0.39, 0.29) is 0 Å². The van der Waals surface area contributed by atoms with Crippen LogP contribution in [0.1, 0.15) is 0 Å². The van der Waals surface area contributed by atoms with E-state index in [2.05, 4.69) is 132 Å². The number of hydrogen-bond acceptors (Lipinski definition) is 2. The topological polar surface area (TPSA) is 44.0 Å². The molecule has 0 bridgehead atoms. The summed E-state index contributed by atoms with van der Waals surface area (Å²) in [5.41, 5.74) is 6.64. The first kappa shape index (κ1) is 27.4. The van der Waals surface area contributed by atoms with E-state index in [0.717, 1.165) is 22.4 Å². The van der Waals surface area contributed by atoms with Gasteiger partial charge in [0.1, 0.15) is 16.1 Å². The Morgan fingerprint density at radius 2 is 0.851 bits per heavy atom. The average Bonchev–Trinajstić information content (AvgIpc) is 3.60. The Hall–Kier alpha value is -4.70. The monoisotopic (exact) mass is 660 g/mol. The Morgan fingerprint density at radius 3 is 1.30 bits per heavy atom. The van der Waals surface area contributed by atoms with Crippen LogP contribution in [0.15, 0.2) is 131 Å². The lowest BCUT2D eigenvalue weighted by molar-refractivity contribution is 0.596. The number of rotatable bonds is 2. The van der Waals surface area contributed by atoms with Gasteiger partial charge in [0.05, 0.1) is 31.9 Å². The number of hydrogen-bond donors (Lipinski definition) is 0. The van der Waals surface area contributed by atoms with Crippen LogP contribution in [0.4, 0.5) is 0 Å². The van der Waals surface area contributed by atoms with Crippen LogP contribution in [0, 0.1) is 0 Å². The molecule has 2 aliphatic heterocycles. The molecule has 6 aromatic carbocycles. The van der Waals surface area contributed by atoms with Gasteiger partial charge < -0.3 is 9.13 Å². The van der Waals surface area contributed by atoms with Gasteiger partial charge in [0.2, 0.25) is 9.84 Å². The standard InChI is InChI=1S/C40H32N2O2SSi2/c1-46(2)35-21-19-25(23-33(35)41-31-15-7-5-11-27(31)29-13-9-17-37(46)39(29)41)45(43,44)26-20-22-36-34(24-26)42-32-16-8-6-12-28(32)30-14-10-18-38(40(30)42)47(36,3)4/h5-24H,1-4H3. The fraction of sp³-hybridized carbons (Fsp3) is 0.100. The van der Waals surface area contributed by atoms with Gasteiger partial charge in [0.25, 0.3) is 0 Å². The Labute approximate surface area is 275 Å². The number of benzene rings is 6. The van der Waals surface area contributed by atoms with E-state index in [0.29, 0.717) is 9.79 Å². The summed E-state index contributed by atoms with van der Waals surface area (Å²) >= 11 is 0. The van der Waals surface area contributed by atoms with Gasteiger partial charge in [-0.2, -0.15) is 0 Å². The van der Waals surface area contributed by atoms with Gasteiger partial charge in [-0.3, -0.25) is 0 Å². The number of sulfone groups is 1. The minimum atomic E-state index is -3.84. The van der Waals surface area contributed by atoms with Gasteiger partial charge in [-0.15, -0.1) is 0 Å². The van der Waals surface area contributed by atoms with Gasteiger partial charge in [0.15, 0.2) is 0 Å². The first-order valence-electron chi connectivity index (χ1n) is 16.2. The average molecular weight is 661 g/mol. The lowest BCUT2D eigenvalue weighted by atomic mass is 10.1. The summed E-state index contributed by atoms with van der Waals surface area (Å²) in [6, 6.07) is 42.0. The molecule has 4 heterocycles. The van der Waals surface area contributed by atoms with Crippen molar-refractivity contribution in [2.75, 3.05) is 0 Å². The van der Waals surface area contributed by atoms with Crippen LogP contribution in [-0.2, 0) is 9.84 Å². The summed E-state index contributed by atoms with van der Waals surface area (Å²) in [4.78, 5) is 0.670. The molecule has 4 nitrogen and oxygen atoms in total. The van der Waals surface area contributed by atoms with Crippen LogP contribution in [-0.4, -0.2) is 33.7 Å². The normalized spacial score (nSPS) is 15.7. The van der Waals surface area contributed by atoms with Crippen LogP contribution in [0.3, 0.4) is 0 Å². The molecule has 2 aliphatic rings. The van der Waals surface area contributed by atoms with Gasteiger partial charge >= 0.3 is 0 Å². The molecule has 0 aliphatic carbocycles. The van der Waals surface area contributed by atoms with Crippen molar-refractivity contribution in [2.45, 2.75) is 36.0 Å². The molecule has 0 N–H and O–H groups in total. The fourth-order valence-electron chi connectivity index (χ4n) is 8.76. The maximum absolute atomic E-state index is 14.7. The van der Waals surface area contributed by atoms with Crippen molar-refractivity contribution in [3.05, 3.63) is 121 Å². The van der Waals surface area contributed by atoms with Crippen LogP contribution >= 0.6 is 0 Å². The van der Waals surface area contributed by atoms with E-state index in [1.54, 1.807) is 0 Å². The lowest BCUT2D eigenvalue weighted by Crippen LogP contribution is -2.57. The molecule has 8 aromatic rings. The molecule has 10 rings (SSSR count). The van der Waals surface area contributed by atoms with Gasteiger partial charge in [-0.1, -0.05) is 111 Å². The van der Waals surface area contributed by atoms with E-state index >= 15 is 0 Å². The highest BCUT2D eigenvalue weighted by molar-refractivity contribution is 7.91. The quantitative estimate of drug-likeness (QED) is 0.188. The zero-order valence-electron chi connectivity index (χ0n) is 26.7. The number of nitrogens with zero attached hydrogens (tertiary/aromatic N) is 2. The van der Waals surface area contributed by atoms with E-state index in [4.69, 9.17) is 0 Å². The predicted octanol–water partition coefficient (Wildman–Crippen LogP) is 6.99. The molecule has 0 spiro atoms. The third-order valence-electron chi connectivity index (χ3n) is 11.1. The van der Waals surface area contributed by atoms with Crippen molar-refractivity contribution < 1.29 is 8.42 Å². The summed E-state index contributed by atoms with van der Waals surface area (Å²) in [7, 11) is -8.07.